The second kappa shape index (κ2) is 9.60. The van der Waals surface area contributed by atoms with Gasteiger partial charge in [-0.3, -0.25) is 0 Å². The van der Waals surface area contributed by atoms with Crippen LogP contribution in [0.3, 0.4) is 0 Å². The summed E-state index contributed by atoms with van der Waals surface area (Å²) in [4.78, 5) is 4.88. The van der Waals surface area contributed by atoms with E-state index >= 15 is 0 Å². The van der Waals surface area contributed by atoms with Crippen molar-refractivity contribution >= 4 is 44.8 Å². The number of rotatable bonds is 3. The van der Waals surface area contributed by atoms with Crippen LogP contribution >= 0.6 is 39.1 Å². The van der Waals surface area contributed by atoms with Gasteiger partial charge in [0.2, 0.25) is 6.23 Å². The maximum atomic E-state index is 6.18. The fourth-order valence-electron chi connectivity index (χ4n) is 2.95. The number of nitrogens with zero attached hydrogens (tertiary/aromatic N) is 1. The highest BCUT2D eigenvalue weighted by Gasteiger charge is 2.24. The summed E-state index contributed by atoms with van der Waals surface area (Å²) in [6, 6.07) is 21.4. The van der Waals surface area contributed by atoms with Gasteiger partial charge in [-0.15, -0.1) is 0 Å². The molecule has 144 valence electrons. The summed E-state index contributed by atoms with van der Waals surface area (Å²) in [6.45, 7) is 4.00. The molecular weight excluding hydrogens is 457 g/mol. The van der Waals surface area contributed by atoms with E-state index in [-0.39, 0.29) is 0 Å². The van der Waals surface area contributed by atoms with Gasteiger partial charge in [0.05, 0.1) is 5.71 Å². The molecule has 2 nitrogen and oxygen atoms in total. The molecule has 0 N–H and O–H groups in total. The molecule has 1 heterocycles. The normalized spacial score (nSPS) is 14.9. The fraction of sp³-hybridized carbons (Fsp3) is 0.174. The minimum absolute atomic E-state index is 0.393. The maximum Gasteiger partial charge on any atom is 0.216 e. The average Bonchev–Trinajstić information content (AvgIpc) is 2.72. The van der Waals surface area contributed by atoms with Crippen molar-refractivity contribution in [3.05, 3.63) is 97.9 Å². The Bertz CT molecular complexity index is 989. The summed E-state index contributed by atoms with van der Waals surface area (Å²) in [5.74, 6) is 0.745. The molecule has 0 bridgehead atoms. The van der Waals surface area contributed by atoms with Gasteiger partial charge in [0.1, 0.15) is 5.75 Å². The Morgan fingerprint density at radius 3 is 2.36 bits per heavy atom. The van der Waals surface area contributed by atoms with Crippen LogP contribution in [-0.4, -0.2) is 5.71 Å². The number of hydrogen-bond donors (Lipinski definition) is 0. The van der Waals surface area contributed by atoms with Crippen molar-refractivity contribution in [3.8, 4) is 5.75 Å². The monoisotopic (exact) mass is 475 g/mol. The Balaban J connectivity index is 0.00000109. The van der Waals surface area contributed by atoms with Gasteiger partial charge in [0, 0.05) is 32.1 Å². The van der Waals surface area contributed by atoms with Crippen LogP contribution in [0.4, 0.5) is 0 Å². The Morgan fingerprint density at radius 2 is 1.61 bits per heavy atom. The van der Waals surface area contributed by atoms with Crippen LogP contribution in [0.5, 0.6) is 5.75 Å². The fourth-order valence-corrected chi connectivity index (χ4v) is 3.69. The topological polar surface area (TPSA) is 21.6 Å². The summed E-state index contributed by atoms with van der Waals surface area (Å²) < 4.78 is 7.11. The van der Waals surface area contributed by atoms with Crippen molar-refractivity contribution in [2.24, 2.45) is 4.99 Å². The zero-order valence-electron chi connectivity index (χ0n) is 15.6. The SMILES string of the molecule is CC.Clc1ccc(Br)c(CC2=NC(c3ccccc3)Oc3cc(Cl)ccc32)c1. The van der Waals surface area contributed by atoms with E-state index in [4.69, 9.17) is 32.9 Å². The molecule has 4 rings (SSSR count). The molecule has 28 heavy (non-hydrogen) atoms. The van der Waals surface area contributed by atoms with Crippen LogP contribution in [0, 0.1) is 0 Å². The largest absolute Gasteiger partial charge is 0.464 e. The van der Waals surface area contributed by atoms with Crippen molar-refractivity contribution in [3.63, 3.8) is 0 Å². The molecule has 0 saturated heterocycles. The number of hydrogen-bond acceptors (Lipinski definition) is 2. The Labute approximate surface area is 184 Å². The summed E-state index contributed by atoms with van der Waals surface area (Å²) >= 11 is 16.0. The van der Waals surface area contributed by atoms with E-state index in [1.54, 1.807) is 0 Å². The standard InChI is InChI=1S/C21H14BrCl2NO.C2H6/c22-18-9-7-15(23)10-14(18)11-19-17-8-6-16(24)12-20(17)26-21(25-19)13-4-2-1-3-5-13;1-2/h1-10,12,21H,11H2;1-2H3. The molecule has 1 unspecified atom stereocenters. The molecule has 5 heteroatoms. The first-order valence-corrected chi connectivity index (χ1v) is 10.7. The summed E-state index contributed by atoms with van der Waals surface area (Å²) in [7, 11) is 0. The van der Waals surface area contributed by atoms with Gasteiger partial charge in [-0.25, -0.2) is 4.99 Å². The van der Waals surface area contributed by atoms with E-state index in [0.29, 0.717) is 16.5 Å². The van der Waals surface area contributed by atoms with Crippen molar-refractivity contribution in [1.82, 2.24) is 0 Å². The molecule has 0 fully saturated rings. The number of aliphatic imine (C=N–C) groups is 1. The lowest BCUT2D eigenvalue weighted by Crippen LogP contribution is -2.19. The summed E-state index contributed by atoms with van der Waals surface area (Å²) in [6.07, 6.45) is 0.248. The summed E-state index contributed by atoms with van der Waals surface area (Å²) in [5.41, 5.74) is 3.97. The van der Waals surface area contributed by atoms with Crippen LogP contribution < -0.4 is 4.74 Å². The molecule has 3 aromatic rings. The van der Waals surface area contributed by atoms with Crippen molar-refractivity contribution in [1.29, 1.82) is 0 Å². The van der Waals surface area contributed by atoms with E-state index in [2.05, 4.69) is 15.9 Å². The molecule has 0 aromatic heterocycles. The van der Waals surface area contributed by atoms with Crippen molar-refractivity contribution < 1.29 is 4.74 Å². The lowest BCUT2D eigenvalue weighted by molar-refractivity contribution is 0.210. The number of ether oxygens (including phenoxy) is 1. The quantitative estimate of drug-likeness (QED) is 0.376. The molecule has 0 aliphatic carbocycles. The lowest BCUT2D eigenvalue weighted by atomic mass is 9.99. The third kappa shape index (κ3) is 4.78. The van der Waals surface area contributed by atoms with E-state index in [9.17, 15) is 0 Å². The zero-order chi connectivity index (χ0) is 20.1. The molecule has 0 amide bonds. The van der Waals surface area contributed by atoms with E-state index in [0.717, 1.165) is 32.6 Å². The Kier molecular flexibility index (Phi) is 7.17. The average molecular weight is 477 g/mol. The van der Waals surface area contributed by atoms with Crippen LogP contribution in [0.1, 0.15) is 36.8 Å². The predicted molar refractivity (Wildman–Crippen MR) is 122 cm³/mol. The molecule has 0 saturated carbocycles. The maximum absolute atomic E-state index is 6.18. The predicted octanol–water partition coefficient (Wildman–Crippen LogP) is 7.91. The molecule has 0 radical (unpaired) electrons. The smallest absolute Gasteiger partial charge is 0.216 e. The van der Waals surface area contributed by atoms with Gasteiger partial charge >= 0.3 is 0 Å². The van der Waals surface area contributed by atoms with Crippen molar-refractivity contribution in [2.75, 3.05) is 0 Å². The van der Waals surface area contributed by atoms with Gasteiger partial charge in [-0.1, -0.05) is 83.3 Å². The molecule has 1 aliphatic heterocycles. The van der Waals surface area contributed by atoms with Gasteiger partial charge in [0.15, 0.2) is 0 Å². The molecule has 1 atom stereocenters. The van der Waals surface area contributed by atoms with E-state index < -0.39 is 6.23 Å². The first-order chi connectivity index (χ1) is 13.6. The third-order valence-electron chi connectivity index (χ3n) is 4.22. The third-order valence-corrected chi connectivity index (χ3v) is 5.46. The van der Waals surface area contributed by atoms with Gasteiger partial charge in [-0.2, -0.15) is 0 Å². The van der Waals surface area contributed by atoms with E-state index in [1.807, 2.05) is 80.6 Å². The highest BCUT2D eigenvalue weighted by molar-refractivity contribution is 9.10. The van der Waals surface area contributed by atoms with E-state index in [1.165, 1.54) is 0 Å². The summed E-state index contributed by atoms with van der Waals surface area (Å²) in [5, 5.41) is 1.34. The molecule has 3 aromatic carbocycles. The Hall–Kier alpha value is -1.81. The van der Waals surface area contributed by atoms with Gasteiger partial charge in [0.25, 0.3) is 0 Å². The van der Waals surface area contributed by atoms with Gasteiger partial charge in [-0.05, 0) is 42.0 Å². The number of halogens is 3. The van der Waals surface area contributed by atoms with Crippen LogP contribution in [0.25, 0.3) is 0 Å². The first-order valence-electron chi connectivity index (χ1n) is 9.12. The molecule has 1 aliphatic rings. The minimum atomic E-state index is -0.393. The second-order valence-electron chi connectivity index (χ2n) is 6.01. The highest BCUT2D eigenvalue weighted by atomic mass is 79.9. The van der Waals surface area contributed by atoms with Crippen LogP contribution in [-0.2, 0) is 6.42 Å². The molecular formula is C23H20BrCl2NO. The van der Waals surface area contributed by atoms with Gasteiger partial charge < -0.3 is 4.74 Å². The zero-order valence-corrected chi connectivity index (χ0v) is 18.7. The second-order valence-corrected chi connectivity index (χ2v) is 7.74. The molecule has 0 spiro atoms. The number of fused-ring (bicyclic) bond motifs is 1. The Morgan fingerprint density at radius 1 is 0.929 bits per heavy atom. The van der Waals surface area contributed by atoms with Crippen LogP contribution in [0.2, 0.25) is 10.0 Å². The minimum Gasteiger partial charge on any atom is -0.464 e. The number of benzene rings is 3. The first kappa shape index (κ1) is 20.9. The van der Waals surface area contributed by atoms with Crippen LogP contribution in [0.15, 0.2) is 76.2 Å². The van der Waals surface area contributed by atoms with Crippen molar-refractivity contribution in [2.45, 2.75) is 26.5 Å². The highest BCUT2D eigenvalue weighted by Crippen LogP contribution is 2.35. The lowest BCUT2D eigenvalue weighted by Gasteiger charge is -2.25.